The van der Waals surface area contributed by atoms with Crippen LogP contribution >= 0.6 is 0 Å². The molecule has 0 rings (SSSR count). The van der Waals surface area contributed by atoms with E-state index in [0.29, 0.717) is 0 Å². The van der Waals surface area contributed by atoms with Gasteiger partial charge >= 0.3 is 0 Å². The molecule has 0 saturated heterocycles. The summed E-state index contributed by atoms with van der Waals surface area (Å²) in [6, 6.07) is 1.63. The van der Waals surface area contributed by atoms with E-state index < -0.39 is 5.60 Å². The summed E-state index contributed by atoms with van der Waals surface area (Å²) < 4.78 is 0. The number of amidine groups is 1. The molecule has 0 heterocycles. The first-order chi connectivity index (χ1) is 5.90. The van der Waals surface area contributed by atoms with Gasteiger partial charge in [0.1, 0.15) is 11.7 Å². The highest BCUT2D eigenvalue weighted by molar-refractivity contribution is 6.46. The quantitative estimate of drug-likeness (QED) is 0.281. The molecule has 3 N–H and O–H groups in total. The van der Waals surface area contributed by atoms with Crippen LogP contribution < -0.4 is 5.73 Å². The lowest BCUT2D eigenvalue weighted by Gasteiger charge is -2.15. The van der Waals surface area contributed by atoms with Crippen LogP contribution in [-0.2, 0) is 4.84 Å². The molecule has 0 saturated carbocycles. The van der Waals surface area contributed by atoms with Crippen molar-refractivity contribution in [2.24, 2.45) is 16.0 Å². The zero-order valence-corrected chi connectivity index (χ0v) is 7.77. The molecule has 0 aromatic heterocycles. The van der Waals surface area contributed by atoms with Gasteiger partial charge in [0.2, 0.25) is 11.5 Å². The molecule has 0 radical (unpaired) electrons. The van der Waals surface area contributed by atoms with Crippen LogP contribution in [0.2, 0.25) is 0 Å². The largest absolute Gasteiger partial charge is 0.409 e. The normalized spacial score (nSPS) is 13.7. The van der Waals surface area contributed by atoms with Crippen LogP contribution in [0, 0.1) is 11.3 Å². The molecule has 0 aliphatic carbocycles. The summed E-state index contributed by atoms with van der Waals surface area (Å²) >= 11 is 0. The van der Waals surface area contributed by atoms with Crippen molar-refractivity contribution in [3.05, 3.63) is 0 Å². The lowest BCUT2D eigenvalue weighted by molar-refractivity contribution is 0.00153. The van der Waals surface area contributed by atoms with E-state index in [2.05, 4.69) is 10.3 Å². The first-order valence-electron chi connectivity index (χ1n) is 3.55. The van der Waals surface area contributed by atoms with Crippen molar-refractivity contribution in [1.82, 2.24) is 0 Å². The van der Waals surface area contributed by atoms with Crippen LogP contribution in [0.5, 0.6) is 0 Å². The van der Waals surface area contributed by atoms with Crippen molar-refractivity contribution in [2.75, 3.05) is 0 Å². The molecular formula is C7H12N4O2. The van der Waals surface area contributed by atoms with Gasteiger partial charge in [0, 0.05) is 0 Å². The molecule has 0 aliphatic rings. The van der Waals surface area contributed by atoms with E-state index in [0.717, 1.165) is 0 Å². The summed E-state index contributed by atoms with van der Waals surface area (Å²) in [7, 11) is 0. The third kappa shape index (κ3) is 4.63. The number of oxime groups is 2. The Morgan fingerprint density at radius 3 is 2.38 bits per heavy atom. The molecule has 6 heteroatoms. The van der Waals surface area contributed by atoms with Crippen molar-refractivity contribution >= 4 is 11.5 Å². The predicted molar refractivity (Wildman–Crippen MR) is 47.3 cm³/mol. The van der Waals surface area contributed by atoms with Gasteiger partial charge in [0.05, 0.1) is 0 Å². The maximum absolute atomic E-state index is 8.49. The Morgan fingerprint density at radius 1 is 1.54 bits per heavy atom. The van der Waals surface area contributed by atoms with Gasteiger partial charge in [-0.25, -0.2) is 0 Å². The van der Waals surface area contributed by atoms with Crippen LogP contribution in [0.25, 0.3) is 0 Å². The van der Waals surface area contributed by atoms with Crippen LogP contribution in [0.3, 0.4) is 0 Å². The fraction of sp³-hybridized carbons (Fsp3) is 0.571. The molecule has 0 spiro atoms. The van der Waals surface area contributed by atoms with Gasteiger partial charge in [-0.2, -0.15) is 5.26 Å². The first-order valence-corrected chi connectivity index (χ1v) is 3.55. The van der Waals surface area contributed by atoms with Gasteiger partial charge in [0.25, 0.3) is 0 Å². The maximum atomic E-state index is 8.49. The van der Waals surface area contributed by atoms with E-state index in [1.807, 2.05) is 0 Å². The number of rotatable bonds is 2. The van der Waals surface area contributed by atoms with Gasteiger partial charge in [-0.05, 0) is 20.8 Å². The van der Waals surface area contributed by atoms with Crippen molar-refractivity contribution in [1.29, 1.82) is 5.26 Å². The Bertz CT molecular complexity index is 269. The Hall–Kier alpha value is -1.77. The zero-order valence-electron chi connectivity index (χ0n) is 7.77. The Balaban J connectivity index is 4.54. The number of hydrogen-bond donors (Lipinski definition) is 2. The highest BCUT2D eigenvalue weighted by Gasteiger charge is 2.12. The molecule has 0 aliphatic heterocycles. The molecule has 72 valence electrons. The third-order valence-electron chi connectivity index (χ3n) is 0.867. The molecular weight excluding hydrogens is 172 g/mol. The second kappa shape index (κ2) is 4.30. The monoisotopic (exact) mass is 184 g/mol. The maximum Gasteiger partial charge on any atom is 0.224 e. The van der Waals surface area contributed by atoms with E-state index in [1.165, 1.54) is 0 Å². The fourth-order valence-electron chi connectivity index (χ4n) is 0.354. The molecule has 0 aromatic rings. The minimum absolute atomic E-state index is 0.252. The molecule has 13 heavy (non-hydrogen) atoms. The topological polar surface area (TPSA) is 104 Å². The minimum atomic E-state index is -0.516. The second-order valence-corrected chi connectivity index (χ2v) is 3.24. The molecule has 0 aromatic carbocycles. The average Bonchev–Trinajstić information content (AvgIpc) is 2.03. The van der Waals surface area contributed by atoms with Crippen molar-refractivity contribution in [2.45, 2.75) is 26.4 Å². The number of nitriles is 1. The fourth-order valence-corrected chi connectivity index (χ4v) is 0.354. The van der Waals surface area contributed by atoms with E-state index in [9.17, 15) is 0 Å². The summed E-state index contributed by atoms with van der Waals surface area (Å²) in [6.45, 7) is 5.29. The van der Waals surface area contributed by atoms with Crippen LogP contribution in [0.1, 0.15) is 20.8 Å². The SMILES string of the molecule is CC(C)(C)O/N=C(C#N)\C(N)=N/O. The van der Waals surface area contributed by atoms with E-state index in [4.69, 9.17) is 21.0 Å². The van der Waals surface area contributed by atoms with E-state index >= 15 is 0 Å². The Labute approximate surface area is 76.3 Å². The van der Waals surface area contributed by atoms with Crippen LogP contribution in [-0.4, -0.2) is 22.4 Å². The molecule has 0 amide bonds. The van der Waals surface area contributed by atoms with Crippen molar-refractivity contribution in [3.63, 3.8) is 0 Å². The standard InChI is InChI=1S/C7H12N4O2/c1-7(2,3)13-11-5(4-8)6(9)10-12/h12H,1-3H3,(H2,9,10)/b11-5-. The predicted octanol–water partition coefficient (Wildman–Crippen LogP) is 0.427. The first kappa shape index (κ1) is 11.2. The molecule has 0 fully saturated rings. The minimum Gasteiger partial charge on any atom is -0.409 e. The van der Waals surface area contributed by atoms with Gasteiger partial charge in [0.15, 0.2) is 0 Å². The highest BCUT2D eigenvalue weighted by atomic mass is 16.6. The van der Waals surface area contributed by atoms with E-state index in [-0.39, 0.29) is 11.5 Å². The summed E-state index contributed by atoms with van der Waals surface area (Å²) in [5.41, 5.74) is 4.36. The Kier molecular flexibility index (Phi) is 3.72. The lowest BCUT2D eigenvalue weighted by atomic mass is 10.2. The second-order valence-electron chi connectivity index (χ2n) is 3.24. The summed E-state index contributed by atoms with van der Waals surface area (Å²) in [5.74, 6) is -0.369. The number of nitrogens with zero attached hydrogens (tertiary/aromatic N) is 3. The van der Waals surface area contributed by atoms with Gasteiger partial charge in [-0.3, -0.25) is 0 Å². The van der Waals surface area contributed by atoms with Gasteiger partial charge < -0.3 is 15.8 Å². The van der Waals surface area contributed by atoms with Crippen LogP contribution in [0.15, 0.2) is 10.3 Å². The molecule has 0 atom stereocenters. The Morgan fingerprint density at radius 2 is 2.08 bits per heavy atom. The number of hydrogen-bond acceptors (Lipinski definition) is 5. The molecule has 6 nitrogen and oxygen atoms in total. The smallest absolute Gasteiger partial charge is 0.224 e. The average molecular weight is 184 g/mol. The van der Waals surface area contributed by atoms with Gasteiger partial charge in [-0.15, -0.1) is 0 Å². The lowest BCUT2D eigenvalue weighted by Crippen LogP contribution is -2.25. The molecule has 0 unspecified atom stereocenters. The van der Waals surface area contributed by atoms with Gasteiger partial charge in [-0.1, -0.05) is 10.3 Å². The summed E-state index contributed by atoms with van der Waals surface area (Å²) in [5, 5.41) is 22.8. The van der Waals surface area contributed by atoms with Crippen molar-refractivity contribution < 1.29 is 10.0 Å². The van der Waals surface area contributed by atoms with E-state index in [1.54, 1.807) is 26.8 Å². The third-order valence-corrected chi connectivity index (χ3v) is 0.867. The summed E-state index contributed by atoms with van der Waals surface area (Å²) in [6.07, 6.45) is 0. The molecule has 0 bridgehead atoms. The highest BCUT2D eigenvalue weighted by Crippen LogP contribution is 2.06. The van der Waals surface area contributed by atoms with Crippen LogP contribution in [0.4, 0.5) is 0 Å². The zero-order chi connectivity index (χ0) is 10.5. The number of nitrogens with two attached hydrogens (primary N) is 1. The van der Waals surface area contributed by atoms with Crippen molar-refractivity contribution in [3.8, 4) is 6.07 Å². The summed E-state index contributed by atoms with van der Waals surface area (Å²) in [4.78, 5) is 4.90.